The molecule has 0 bridgehead atoms. The number of aliphatic hydroxyl groups excluding tert-OH is 3. The Bertz CT molecular complexity index is 951. The number of rotatable bonds is 7. The molecule has 3 saturated carbocycles. The molecule has 0 amide bonds. The molecule has 0 aromatic rings. The zero-order chi connectivity index (χ0) is 27.3. The number of carbonyl (C=O) groups is 2. The average molecular weight is 517 g/mol. The van der Waals surface area contributed by atoms with Crippen molar-refractivity contribution < 1.29 is 29.6 Å². The van der Waals surface area contributed by atoms with Gasteiger partial charge in [-0.3, -0.25) is 9.59 Å². The van der Waals surface area contributed by atoms with E-state index in [4.69, 9.17) is 4.74 Å². The zero-order valence-electron chi connectivity index (χ0n) is 23.6. The van der Waals surface area contributed by atoms with Gasteiger partial charge in [-0.05, 0) is 73.2 Å². The first kappa shape index (κ1) is 28.5. The maximum absolute atomic E-state index is 13.7. The minimum Gasteiger partial charge on any atom is -0.462 e. The molecule has 0 heterocycles. The summed E-state index contributed by atoms with van der Waals surface area (Å²) in [6, 6.07) is 0. The molecule has 0 saturated heterocycles. The van der Waals surface area contributed by atoms with Crippen LogP contribution < -0.4 is 0 Å². The lowest BCUT2D eigenvalue weighted by atomic mass is 9.45. The van der Waals surface area contributed by atoms with Crippen molar-refractivity contribution in [1.82, 2.24) is 0 Å². The molecule has 3 N–H and O–H groups in total. The second-order valence-electron chi connectivity index (χ2n) is 13.4. The van der Waals surface area contributed by atoms with Crippen LogP contribution in [0.3, 0.4) is 0 Å². The lowest BCUT2D eigenvalue weighted by Gasteiger charge is -2.59. The number of ketones is 1. The highest BCUT2D eigenvalue weighted by Crippen LogP contribution is 2.66. The zero-order valence-corrected chi connectivity index (χ0v) is 23.6. The fourth-order valence-corrected chi connectivity index (χ4v) is 9.15. The van der Waals surface area contributed by atoms with E-state index in [1.165, 1.54) is 12.5 Å². The van der Waals surface area contributed by atoms with Crippen molar-refractivity contribution in [3.8, 4) is 0 Å². The number of hydrogen-bond acceptors (Lipinski definition) is 6. The van der Waals surface area contributed by atoms with Crippen LogP contribution in [0.2, 0.25) is 0 Å². The molecule has 37 heavy (non-hydrogen) atoms. The van der Waals surface area contributed by atoms with Gasteiger partial charge in [-0.25, -0.2) is 0 Å². The number of hydrogen-bond donors (Lipinski definition) is 3. The van der Waals surface area contributed by atoms with Crippen molar-refractivity contribution in [2.45, 2.75) is 105 Å². The fraction of sp³-hybridized carbons (Fsp3) is 0.806. The van der Waals surface area contributed by atoms with E-state index in [-0.39, 0.29) is 59.0 Å². The van der Waals surface area contributed by atoms with Crippen LogP contribution in [0.15, 0.2) is 23.3 Å². The summed E-state index contributed by atoms with van der Waals surface area (Å²) in [5.41, 5.74) is 1.61. The lowest BCUT2D eigenvalue weighted by Crippen LogP contribution is -2.60. The molecule has 0 aromatic carbocycles. The van der Waals surface area contributed by atoms with Gasteiger partial charge in [0, 0.05) is 31.1 Å². The van der Waals surface area contributed by atoms with Gasteiger partial charge in [0.1, 0.15) is 6.10 Å². The Morgan fingerprint density at radius 3 is 2.51 bits per heavy atom. The number of esters is 1. The first-order valence-corrected chi connectivity index (χ1v) is 14.4. The number of aliphatic hydroxyl groups is 3. The van der Waals surface area contributed by atoms with Crippen LogP contribution in [0.4, 0.5) is 0 Å². The van der Waals surface area contributed by atoms with Gasteiger partial charge in [0.15, 0.2) is 5.78 Å². The van der Waals surface area contributed by atoms with Gasteiger partial charge in [0.2, 0.25) is 0 Å². The fourth-order valence-electron chi connectivity index (χ4n) is 9.15. The maximum Gasteiger partial charge on any atom is 0.302 e. The van der Waals surface area contributed by atoms with Crippen molar-refractivity contribution in [3.05, 3.63) is 23.3 Å². The summed E-state index contributed by atoms with van der Waals surface area (Å²) in [4.78, 5) is 25.3. The van der Waals surface area contributed by atoms with Gasteiger partial charge in [0.05, 0.1) is 18.8 Å². The highest BCUT2D eigenvalue weighted by Gasteiger charge is 2.66. The lowest BCUT2D eigenvalue weighted by molar-refractivity contribution is -0.164. The third-order valence-electron chi connectivity index (χ3n) is 10.9. The van der Waals surface area contributed by atoms with Crippen LogP contribution in [0.25, 0.3) is 0 Å². The number of carbonyl (C=O) groups excluding carboxylic acids is 2. The molecule has 6 nitrogen and oxygen atoms in total. The molecule has 10 atom stereocenters. The van der Waals surface area contributed by atoms with Crippen LogP contribution in [-0.2, 0) is 14.3 Å². The summed E-state index contributed by atoms with van der Waals surface area (Å²) >= 11 is 0. The van der Waals surface area contributed by atoms with Crippen LogP contribution in [0.1, 0.15) is 86.5 Å². The summed E-state index contributed by atoms with van der Waals surface area (Å²) in [7, 11) is 0. The van der Waals surface area contributed by atoms with Crippen LogP contribution in [0.5, 0.6) is 0 Å². The van der Waals surface area contributed by atoms with E-state index in [0.29, 0.717) is 31.1 Å². The molecule has 0 aromatic heterocycles. The second-order valence-corrected chi connectivity index (χ2v) is 13.4. The first-order valence-electron chi connectivity index (χ1n) is 14.4. The van der Waals surface area contributed by atoms with Crippen molar-refractivity contribution in [2.75, 3.05) is 6.61 Å². The predicted molar refractivity (Wildman–Crippen MR) is 142 cm³/mol. The van der Waals surface area contributed by atoms with Crippen molar-refractivity contribution >= 4 is 11.8 Å². The van der Waals surface area contributed by atoms with Crippen molar-refractivity contribution in [1.29, 1.82) is 0 Å². The van der Waals surface area contributed by atoms with Crippen LogP contribution in [-0.4, -0.2) is 52.0 Å². The van der Waals surface area contributed by atoms with Gasteiger partial charge < -0.3 is 20.1 Å². The van der Waals surface area contributed by atoms with E-state index >= 15 is 0 Å². The highest BCUT2D eigenvalue weighted by atomic mass is 16.5. The molecule has 10 unspecified atom stereocenters. The first-order chi connectivity index (χ1) is 17.3. The van der Waals surface area contributed by atoms with Gasteiger partial charge in [-0.2, -0.15) is 0 Å². The molecule has 208 valence electrons. The van der Waals surface area contributed by atoms with Gasteiger partial charge in [0.25, 0.3) is 0 Å². The molecule has 6 heteroatoms. The monoisotopic (exact) mass is 516 g/mol. The molecule has 4 aliphatic carbocycles. The quantitative estimate of drug-likeness (QED) is 0.337. The number of ether oxygens (including phenoxy) is 1. The molecule has 0 radical (unpaired) electrons. The second kappa shape index (κ2) is 10.6. The number of fused-ring (bicyclic) bond motifs is 5. The highest BCUT2D eigenvalue weighted by molar-refractivity contribution is 5.94. The summed E-state index contributed by atoms with van der Waals surface area (Å²) in [6.45, 7) is 12.4. The largest absolute Gasteiger partial charge is 0.462 e. The Hall–Kier alpha value is -1.50. The van der Waals surface area contributed by atoms with E-state index in [2.05, 4.69) is 34.6 Å². The van der Waals surface area contributed by atoms with Gasteiger partial charge in [-0.1, -0.05) is 51.8 Å². The molecule has 0 spiro atoms. The Balaban J connectivity index is 1.60. The molecule has 4 aliphatic rings. The minimum atomic E-state index is -0.616. The standard InChI is InChI=1S/C31H48O6/c1-17(2)20(10-12-32)8-7-18(3)23-15-25(35)28-27-24(34)14-21-13-22(37-19(4)33)9-11-30(21,5)29(27)26(36)16-31(23,28)6/h10,14,17-18,22-23,25-29,32,35-36H,7-9,11-13,15-16H2,1-6H3. The van der Waals surface area contributed by atoms with E-state index < -0.39 is 12.2 Å². The Morgan fingerprint density at radius 1 is 1.19 bits per heavy atom. The Labute approximate surface area is 222 Å². The normalized spacial score (nSPS) is 42.5. The third kappa shape index (κ3) is 4.98. The maximum atomic E-state index is 13.7. The molecule has 4 rings (SSSR count). The van der Waals surface area contributed by atoms with Crippen LogP contribution >= 0.6 is 0 Å². The average Bonchev–Trinajstić information content (AvgIpc) is 3.06. The van der Waals surface area contributed by atoms with E-state index in [1.54, 1.807) is 6.08 Å². The molecular formula is C31H48O6. The topological polar surface area (TPSA) is 104 Å². The van der Waals surface area contributed by atoms with Gasteiger partial charge >= 0.3 is 5.97 Å². The number of allylic oxidation sites excluding steroid dienone is 2. The van der Waals surface area contributed by atoms with E-state index in [9.17, 15) is 24.9 Å². The molecule has 3 fully saturated rings. The van der Waals surface area contributed by atoms with Crippen molar-refractivity contribution in [3.63, 3.8) is 0 Å². The summed E-state index contributed by atoms with van der Waals surface area (Å²) in [5, 5.41) is 32.6. The molecule has 0 aliphatic heterocycles. The smallest absolute Gasteiger partial charge is 0.302 e. The summed E-state index contributed by atoms with van der Waals surface area (Å²) < 4.78 is 5.48. The van der Waals surface area contributed by atoms with Crippen molar-refractivity contribution in [2.24, 2.45) is 46.3 Å². The van der Waals surface area contributed by atoms with E-state index in [0.717, 1.165) is 31.3 Å². The Kier molecular flexibility index (Phi) is 8.15. The summed E-state index contributed by atoms with van der Waals surface area (Å²) in [5.74, 6) is -0.128. The molecular weight excluding hydrogens is 468 g/mol. The Morgan fingerprint density at radius 2 is 1.89 bits per heavy atom. The summed E-state index contributed by atoms with van der Waals surface area (Å²) in [6.07, 6.45) is 7.45. The predicted octanol–water partition coefficient (Wildman–Crippen LogP) is 4.61. The van der Waals surface area contributed by atoms with Crippen LogP contribution in [0, 0.1) is 46.3 Å². The van der Waals surface area contributed by atoms with Gasteiger partial charge in [-0.15, -0.1) is 0 Å². The third-order valence-corrected chi connectivity index (χ3v) is 10.9. The SMILES string of the molecule is CC(=O)OC1CCC2(C)C(=CC(=O)C3C2C(O)CC2(C)C(C(C)CCC(=CCO)C(C)C)CC(O)C32)C1. The van der Waals surface area contributed by atoms with E-state index in [1.807, 2.05) is 6.08 Å². The minimum absolute atomic E-state index is 0.0243.